The minimum absolute atomic E-state index is 0.690. The Labute approximate surface area is 111 Å². The summed E-state index contributed by atoms with van der Waals surface area (Å²) < 4.78 is 5.13. The molecule has 0 saturated heterocycles. The van der Waals surface area contributed by atoms with Crippen LogP contribution in [0, 0.1) is 0 Å². The minimum Gasteiger partial charge on any atom is -0.380 e. The van der Waals surface area contributed by atoms with Crippen LogP contribution in [0.4, 0.5) is 0 Å². The molecular weight excluding hydrogens is 222 g/mol. The van der Waals surface area contributed by atoms with Crippen molar-refractivity contribution < 1.29 is 4.74 Å². The number of ether oxygens (including phenoxy) is 1. The van der Waals surface area contributed by atoms with Crippen LogP contribution >= 0.6 is 0 Å². The third-order valence-electron chi connectivity index (χ3n) is 2.89. The molecule has 0 aliphatic carbocycles. The molecule has 0 spiro atoms. The van der Waals surface area contributed by atoms with Crippen molar-refractivity contribution in [3.63, 3.8) is 0 Å². The fraction of sp³-hybridized carbons (Fsp3) is 0.500. The molecule has 1 rings (SSSR count). The van der Waals surface area contributed by atoms with Crippen LogP contribution in [0.3, 0.4) is 0 Å². The summed E-state index contributed by atoms with van der Waals surface area (Å²) in [7, 11) is 1.73. The van der Waals surface area contributed by atoms with Crippen LogP contribution in [0.1, 0.15) is 36.8 Å². The van der Waals surface area contributed by atoms with Gasteiger partial charge >= 0.3 is 0 Å². The lowest BCUT2D eigenvalue weighted by Gasteiger charge is -2.06. The molecule has 0 aliphatic rings. The van der Waals surface area contributed by atoms with Crippen molar-refractivity contribution in [1.82, 2.24) is 5.32 Å². The van der Waals surface area contributed by atoms with Gasteiger partial charge in [0.15, 0.2) is 0 Å². The number of rotatable bonds is 10. The van der Waals surface area contributed by atoms with Gasteiger partial charge in [-0.3, -0.25) is 0 Å². The van der Waals surface area contributed by atoms with E-state index in [1.165, 1.54) is 30.4 Å². The van der Waals surface area contributed by atoms with Crippen LogP contribution in [0.2, 0.25) is 0 Å². The number of allylic oxidation sites excluding steroid dienone is 1. The van der Waals surface area contributed by atoms with Crippen LogP contribution in [0.15, 0.2) is 36.9 Å². The van der Waals surface area contributed by atoms with E-state index < -0.39 is 0 Å². The van der Waals surface area contributed by atoms with Gasteiger partial charge in [-0.25, -0.2) is 0 Å². The summed E-state index contributed by atoms with van der Waals surface area (Å²) in [5.74, 6) is 0. The van der Waals surface area contributed by atoms with Gasteiger partial charge in [0.2, 0.25) is 0 Å². The van der Waals surface area contributed by atoms with Crippen molar-refractivity contribution in [2.45, 2.75) is 38.8 Å². The Morgan fingerprint density at radius 2 is 2.06 bits per heavy atom. The molecule has 100 valence electrons. The van der Waals surface area contributed by atoms with Gasteiger partial charge in [0.1, 0.15) is 0 Å². The highest BCUT2D eigenvalue weighted by molar-refractivity contribution is 5.22. The largest absolute Gasteiger partial charge is 0.380 e. The molecule has 1 N–H and O–H groups in total. The van der Waals surface area contributed by atoms with Gasteiger partial charge in [0.05, 0.1) is 6.61 Å². The molecule has 0 atom stereocenters. The van der Waals surface area contributed by atoms with Gasteiger partial charge in [-0.05, 0) is 36.9 Å². The van der Waals surface area contributed by atoms with Crippen LogP contribution in [-0.2, 0) is 17.9 Å². The summed E-state index contributed by atoms with van der Waals surface area (Å²) in [6.07, 6.45) is 6.91. The van der Waals surface area contributed by atoms with Gasteiger partial charge in [-0.15, -0.1) is 6.58 Å². The highest BCUT2D eigenvalue weighted by Crippen LogP contribution is 2.06. The molecule has 1 aromatic rings. The molecule has 0 saturated carbocycles. The van der Waals surface area contributed by atoms with E-state index in [0.29, 0.717) is 6.61 Å². The summed E-state index contributed by atoms with van der Waals surface area (Å²) in [6.45, 7) is 6.45. The molecule has 0 bridgehead atoms. The number of nitrogens with one attached hydrogen (secondary N) is 1. The first-order chi connectivity index (χ1) is 8.86. The molecule has 18 heavy (non-hydrogen) atoms. The predicted molar refractivity (Wildman–Crippen MR) is 77.5 cm³/mol. The highest BCUT2D eigenvalue weighted by atomic mass is 16.5. The molecule has 1 aromatic carbocycles. The van der Waals surface area contributed by atoms with Crippen molar-refractivity contribution >= 4 is 0 Å². The van der Waals surface area contributed by atoms with E-state index in [1.54, 1.807) is 7.11 Å². The fourth-order valence-electron chi connectivity index (χ4n) is 1.94. The van der Waals surface area contributed by atoms with Crippen molar-refractivity contribution in [2.75, 3.05) is 13.7 Å². The third kappa shape index (κ3) is 6.58. The molecule has 0 fully saturated rings. The summed E-state index contributed by atoms with van der Waals surface area (Å²) in [6, 6.07) is 8.55. The van der Waals surface area contributed by atoms with E-state index in [1.807, 2.05) is 6.08 Å². The summed E-state index contributed by atoms with van der Waals surface area (Å²) in [5.41, 5.74) is 2.57. The van der Waals surface area contributed by atoms with E-state index >= 15 is 0 Å². The van der Waals surface area contributed by atoms with Gasteiger partial charge in [-0.2, -0.15) is 0 Å². The third-order valence-corrected chi connectivity index (χ3v) is 2.89. The van der Waals surface area contributed by atoms with Gasteiger partial charge in [-0.1, -0.05) is 36.8 Å². The van der Waals surface area contributed by atoms with Crippen LogP contribution in [0.25, 0.3) is 0 Å². The quantitative estimate of drug-likeness (QED) is 0.503. The highest BCUT2D eigenvalue weighted by Gasteiger charge is 1.96. The molecule has 0 amide bonds. The normalized spacial score (nSPS) is 10.5. The zero-order valence-corrected chi connectivity index (χ0v) is 11.5. The fourth-order valence-corrected chi connectivity index (χ4v) is 1.94. The van der Waals surface area contributed by atoms with E-state index in [9.17, 15) is 0 Å². The predicted octanol–water partition coefficient (Wildman–Crippen LogP) is 3.67. The maximum atomic E-state index is 5.13. The maximum absolute atomic E-state index is 5.13. The van der Waals surface area contributed by atoms with Gasteiger partial charge in [0, 0.05) is 13.7 Å². The van der Waals surface area contributed by atoms with Crippen molar-refractivity contribution in [1.29, 1.82) is 0 Å². The van der Waals surface area contributed by atoms with Crippen molar-refractivity contribution in [3.8, 4) is 0 Å². The number of unbranched alkanes of at least 4 members (excludes halogenated alkanes) is 3. The average Bonchev–Trinajstić information content (AvgIpc) is 2.39. The van der Waals surface area contributed by atoms with Crippen molar-refractivity contribution in [2.24, 2.45) is 0 Å². The van der Waals surface area contributed by atoms with Gasteiger partial charge in [0.25, 0.3) is 0 Å². The van der Waals surface area contributed by atoms with E-state index in [-0.39, 0.29) is 0 Å². The van der Waals surface area contributed by atoms with E-state index in [0.717, 1.165) is 19.5 Å². The second kappa shape index (κ2) is 9.86. The Bertz CT molecular complexity index is 336. The Kier molecular flexibility index (Phi) is 8.19. The monoisotopic (exact) mass is 247 g/mol. The average molecular weight is 247 g/mol. The first kappa shape index (κ1) is 14.9. The Morgan fingerprint density at radius 3 is 2.83 bits per heavy atom. The molecule has 2 nitrogen and oxygen atoms in total. The lowest BCUT2D eigenvalue weighted by molar-refractivity contribution is 0.185. The zero-order valence-electron chi connectivity index (χ0n) is 11.5. The summed E-state index contributed by atoms with van der Waals surface area (Å²) in [5, 5.41) is 3.48. The van der Waals surface area contributed by atoms with E-state index in [2.05, 4.69) is 36.2 Å². The maximum Gasteiger partial charge on any atom is 0.0713 e. The minimum atomic E-state index is 0.690. The molecule has 0 aromatic heterocycles. The zero-order chi connectivity index (χ0) is 13.1. The SMILES string of the molecule is C=CCCCCCNCc1cccc(COC)c1. The number of hydrogen-bond donors (Lipinski definition) is 1. The van der Waals surface area contributed by atoms with Crippen LogP contribution in [-0.4, -0.2) is 13.7 Å². The molecule has 0 heterocycles. The topological polar surface area (TPSA) is 21.3 Å². The lowest BCUT2D eigenvalue weighted by Crippen LogP contribution is -2.14. The van der Waals surface area contributed by atoms with E-state index in [4.69, 9.17) is 4.74 Å². The molecule has 0 aliphatic heterocycles. The lowest BCUT2D eigenvalue weighted by atomic mass is 10.1. The summed E-state index contributed by atoms with van der Waals surface area (Å²) in [4.78, 5) is 0. The second-order valence-electron chi connectivity index (χ2n) is 4.57. The molecule has 0 radical (unpaired) electrons. The number of hydrogen-bond acceptors (Lipinski definition) is 2. The molecule has 2 heteroatoms. The van der Waals surface area contributed by atoms with Crippen LogP contribution < -0.4 is 5.32 Å². The Morgan fingerprint density at radius 1 is 1.22 bits per heavy atom. The van der Waals surface area contributed by atoms with Gasteiger partial charge < -0.3 is 10.1 Å². The smallest absolute Gasteiger partial charge is 0.0713 e. The number of methoxy groups -OCH3 is 1. The molecular formula is C16H25NO. The van der Waals surface area contributed by atoms with Crippen LogP contribution in [0.5, 0.6) is 0 Å². The Balaban J connectivity index is 2.14. The summed E-state index contributed by atoms with van der Waals surface area (Å²) >= 11 is 0. The number of benzene rings is 1. The second-order valence-corrected chi connectivity index (χ2v) is 4.57. The standard InChI is InChI=1S/C16H25NO/c1-3-4-5-6-7-11-17-13-15-9-8-10-16(12-15)14-18-2/h3,8-10,12,17H,1,4-7,11,13-14H2,2H3. The molecule has 0 unspecified atom stereocenters. The first-order valence-corrected chi connectivity index (χ1v) is 6.75. The first-order valence-electron chi connectivity index (χ1n) is 6.75. The Hall–Kier alpha value is -1.12. The van der Waals surface area contributed by atoms with Crippen molar-refractivity contribution in [3.05, 3.63) is 48.0 Å².